The van der Waals surface area contributed by atoms with Crippen LogP contribution in [0.15, 0.2) is 6.07 Å². The summed E-state index contributed by atoms with van der Waals surface area (Å²) in [5.74, 6) is 0.779. The van der Waals surface area contributed by atoms with Crippen molar-refractivity contribution in [1.82, 2.24) is 9.78 Å². The second-order valence-corrected chi connectivity index (χ2v) is 4.94. The van der Waals surface area contributed by atoms with Crippen LogP contribution >= 0.6 is 0 Å². The fourth-order valence-corrected chi connectivity index (χ4v) is 2.72. The number of aryl methyl sites for hydroxylation is 2. The minimum Gasteiger partial charge on any atom is -0.328 e. The smallest absolute Gasteiger partial charge is 0.0624 e. The molecule has 2 atom stereocenters. The van der Waals surface area contributed by atoms with Crippen LogP contribution in [0.4, 0.5) is 0 Å². The number of aromatic nitrogens is 2. The van der Waals surface area contributed by atoms with E-state index in [1.165, 1.54) is 30.7 Å². The van der Waals surface area contributed by atoms with E-state index in [2.05, 4.69) is 29.7 Å². The average molecular weight is 221 g/mol. The number of hydrogen-bond donors (Lipinski definition) is 1. The molecule has 90 valence electrons. The van der Waals surface area contributed by atoms with Gasteiger partial charge in [0.2, 0.25) is 0 Å². The van der Waals surface area contributed by atoms with Gasteiger partial charge in [-0.2, -0.15) is 5.10 Å². The molecule has 0 aliphatic heterocycles. The topological polar surface area (TPSA) is 43.8 Å². The van der Waals surface area contributed by atoms with Crippen molar-refractivity contribution in [2.45, 2.75) is 58.5 Å². The highest BCUT2D eigenvalue weighted by Gasteiger charge is 2.23. The fourth-order valence-electron chi connectivity index (χ4n) is 2.72. The maximum absolute atomic E-state index is 5.96. The molecule has 1 aliphatic rings. The zero-order valence-corrected chi connectivity index (χ0v) is 10.4. The van der Waals surface area contributed by atoms with Crippen LogP contribution in [0.2, 0.25) is 0 Å². The van der Waals surface area contributed by atoms with E-state index in [9.17, 15) is 0 Å². The lowest BCUT2D eigenvalue weighted by molar-refractivity contribution is 0.500. The van der Waals surface area contributed by atoms with Gasteiger partial charge in [0.05, 0.1) is 5.69 Å². The van der Waals surface area contributed by atoms with Crippen molar-refractivity contribution in [2.24, 2.45) is 11.7 Å². The van der Waals surface area contributed by atoms with Gasteiger partial charge in [-0.25, -0.2) is 0 Å². The quantitative estimate of drug-likeness (QED) is 0.846. The Bertz CT molecular complexity index is 343. The second-order valence-electron chi connectivity index (χ2n) is 4.94. The van der Waals surface area contributed by atoms with Crippen LogP contribution in [0.1, 0.15) is 44.5 Å². The Morgan fingerprint density at radius 3 is 2.81 bits per heavy atom. The van der Waals surface area contributed by atoms with E-state index < -0.39 is 0 Å². The number of rotatable bonds is 4. The number of nitrogens with zero attached hydrogens (tertiary/aromatic N) is 2. The van der Waals surface area contributed by atoms with Crippen LogP contribution in [0.5, 0.6) is 0 Å². The minimum atomic E-state index is 0.439. The van der Waals surface area contributed by atoms with E-state index in [4.69, 9.17) is 5.73 Å². The van der Waals surface area contributed by atoms with Gasteiger partial charge in [0.15, 0.2) is 0 Å². The summed E-state index contributed by atoms with van der Waals surface area (Å²) in [5, 5.41) is 4.59. The third-order valence-electron chi connectivity index (χ3n) is 3.66. The van der Waals surface area contributed by atoms with Crippen molar-refractivity contribution in [2.75, 3.05) is 0 Å². The van der Waals surface area contributed by atoms with E-state index in [0.29, 0.717) is 6.04 Å². The van der Waals surface area contributed by atoms with Gasteiger partial charge < -0.3 is 5.73 Å². The zero-order chi connectivity index (χ0) is 11.5. The van der Waals surface area contributed by atoms with Gasteiger partial charge in [-0.1, -0.05) is 6.92 Å². The van der Waals surface area contributed by atoms with E-state index in [1.54, 1.807) is 0 Å². The first-order chi connectivity index (χ1) is 7.72. The normalized spacial score (nSPS) is 25.2. The molecule has 0 radical (unpaired) electrons. The molecule has 1 aromatic heterocycles. The van der Waals surface area contributed by atoms with Crippen LogP contribution in [-0.4, -0.2) is 15.8 Å². The van der Waals surface area contributed by atoms with Crippen LogP contribution in [0.3, 0.4) is 0 Å². The molecule has 3 nitrogen and oxygen atoms in total. The van der Waals surface area contributed by atoms with Gasteiger partial charge in [0.1, 0.15) is 0 Å². The summed E-state index contributed by atoms with van der Waals surface area (Å²) < 4.78 is 2.16. The van der Waals surface area contributed by atoms with Crippen LogP contribution in [-0.2, 0) is 19.4 Å². The molecule has 0 bridgehead atoms. The Hall–Kier alpha value is -0.830. The monoisotopic (exact) mass is 221 g/mol. The SMILES string of the molecule is CCc1cc(CC2CCC(N)C2)n(CC)n1. The Morgan fingerprint density at radius 1 is 1.44 bits per heavy atom. The predicted molar refractivity (Wildman–Crippen MR) is 66.3 cm³/mol. The van der Waals surface area contributed by atoms with Crippen molar-refractivity contribution >= 4 is 0 Å². The molecule has 1 heterocycles. The maximum Gasteiger partial charge on any atom is 0.0624 e. The Labute approximate surface area is 98.0 Å². The Morgan fingerprint density at radius 2 is 2.25 bits per heavy atom. The van der Waals surface area contributed by atoms with Gasteiger partial charge in [-0.05, 0) is 51.0 Å². The van der Waals surface area contributed by atoms with Crippen LogP contribution in [0.25, 0.3) is 0 Å². The van der Waals surface area contributed by atoms with Crippen molar-refractivity contribution in [1.29, 1.82) is 0 Å². The summed E-state index contributed by atoms with van der Waals surface area (Å²) in [6, 6.07) is 2.71. The Balaban J connectivity index is 2.05. The summed E-state index contributed by atoms with van der Waals surface area (Å²) in [4.78, 5) is 0. The molecule has 2 N–H and O–H groups in total. The molecule has 0 saturated heterocycles. The van der Waals surface area contributed by atoms with Crippen molar-refractivity contribution in [3.05, 3.63) is 17.5 Å². The molecule has 1 aliphatic carbocycles. The van der Waals surface area contributed by atoms with Gasteiger partial charge in [-0.15, -0.1) is 0 Å². The highest BCUT2D eigenvalue weighted by Crippen LogP contribution is 2.27. The highest BCUT2D eigenvalue weighted by molar-refractivity contribution is 5.11. The third-order valence-corrected chi connectivity index (χ3v) is 3.66. The molecule has 2 rings (SSSR count). The first-order valence-electron chi connectivity index (χ1n) is 6.54. The molecule has 1 aromatic rings. The predicted octanol–water partition coefficient (Wildman–Crippen LogP) is 2.14. The molecule has 1 fully saturated rings. The molecule has 3 heteroatoms. The van der Waals surface area contributed by atoms with E-state index in [0.717, 1.165) is 25.3 Å². The lowest BCUT2D eigenvalue weighted by Crippen LogP contribution is -2.15. The Kier molecular flexibility index (Phi) is 3.64. The van der Waals surface area contributed by atoms with Gasteiger partial charge in [-0.3, -0.25) is 4.68 Å². The zero-order valence-electron chi connectivity index (χ0n) is 10.4. The van der Waals surface area contributed by atoms with E-state index in [-0.39, 0.29) is 0 Å². The summed E-state index contributed by atoms with van der Waals surface area (Å²) >= 11 is 0. The van der Waals surface area contributed by atoms with Gasteiger partial charge >= 0.3 is 0 Å². The van der Waals surface area contributed by atoms with Crippen molar-refractivity contribution in [3.8, 4) is 0 Å². The maximum atomic E-state index is 5.96. The molecular weight excluding hydrogens is 198 g/mol. The average Bonchev–Trinajstić information content (AvgIpc) is 2.85. The van der Waals surface area contributed by atoms with Crippen molar-refractivity contribution in [3.63, 3.8) is 0 Å². The van der Waals surface area contributed by atoms with Gasteiger partial charge in [0.25, 0.3) is 0 Å². The largest absolute Gasteiger partial charge is 0.328 e. The molecular formula is C13H23N3. The van der Waals surface area contributed by atoms with Crippen LogP contribution < -0.4 is 5.73 Å². The van der Waals surface area contributed by atoms with Gasteiger partial charge in [0, 0.05) is 18.3 Å². The lowest BCUT2D eigenvalue weighted by Gasteiger charge is -2.10. The first kappa shape index (κ1) is 11.6. The minimum absolute atomic E-state index is 0.439. The molecule has 0 spiro atoms. The molecule has 1 saturated carbocycles. The third kappa shape index (κ3) is 2.46. The molecule has 0 amide bonds. The summed E-state index contributed by atoms with van der Waals surface area (Å²) in [5.41, 5.74) is 8.58. The lowest BCUT2D eigenvalue weighted by atomic mass is 10.0. The first-order valence-corrected chi connectivity index (χ1v) is 6.54. The number of nitrogens with two attached hydrogens (primary N) is 1. The summed E-state index contributed by atoms with van der Waals surface area (Å²) in [7, 11) is 0. The van der Waals surface area contributed by atoms with Crippen molar-refractivity contribution < 1.29 is 0 Å². The fraction of sp³-hybridized carbons (Fsp3) is 0.769. The number of hydrogen-bond acceptors (Lipinski definition) is 2. The second kappa shape index (κ2) is 5.00. The van der Waals surface area contributed by atoms with E-state index >= 15 is 0 Å². The summed E-state index contributed by atoms with van der Waals surface area (Å²) in [6.07, 6.45) is 5.87. The molecule has 0 aromatic carbocycles. The highest BCUT2D eigenvalue weighted by atomic mass is 15.3. The van der Waals surface area contributed by atoms with E-state index in [1.807, 2.05) is 0 Å². The molecule has 16 heavy (non-hydrogen) atoms. The van der Waals surface area contributed by atoms with Crippen LogP contribution in [0, 0.1) is 5.92 Å². The molecule has 2 unspecified atom stereocenters. The standard InChI is InChI=1S/C13H23N3/c1-3-12-9-13(16(4-2)15-12)8-10-5-6-11(14)7-10/h9-11H,3-8,14H2,1-2H3. The summed E-state index contributed by atoms with van der Waals surface area (Å²) in [6.45, 7) is 5.31.